The first-order chi connectivity index (χ1) is 11.5. The van der Waals surface area contributed by atoms with Crippen LogP contribution in [0.3, 0.4) is 0 Å². The van der Waals surface area contributed by atoms with Crippen molar-refractivity contribution < 1.29 is 9.59 Å². The summed E-state index contributed by atoms with van der Waals surface area (Å²) in [6, 6.07) is 8.28. The lowest BCUT2D eigenvalue weighted by Gasteiger charge is -2.37. The summed E-state index contributed by atoms with van der Waals surface area (Å²) in [5.41, 5.74) is 6.43. The van der Waals surface area contributed by atoms with Crippen LogP contribution in [-0.4, -0.2) is 34.3 Å². The van der Waals surface area contributed by atoms with Crippen LogP contribution in [0.2, 0.25) is 0 Å². The standard InChI is InChI=1S/C18H23N3O2S/c1-12-9-10-13(18(19)23)11-21(12)17(22)8-4-7-16-20-14-5-2-3-6-15(14)24-16/h2-3,5-6,12-13H,4,7-11H2,1H3,(H2,19,23). The predicted octanol–water partition coefficient (Wildman–Crippen LogP) is 2.73. The molecule has 0 saturated carbocycles. The van der Waals surface area contributed by atoms with Gasteiger partial charge in [0.05, 0.1) is 21.1 Å². The summed E-state index contributed by atoms with van der Waals surface area (Å²) in [4.78, 5) is 30.3. The number of carbonyl (C=O) groups is 2. The minimum Gasteiger partial charge on any atom is -0.369 e. The van der Waals surface area contributed by atoms with E-state index in [4.69, 9.17) is 5.73 Å². The molecule has 1 saturated heterocycles. The highest BCUT2D eigenvalue weighted by Crippen LogP contribution is 2.25. The molecule has 1 aromatic carbocycles. The number of hydrogen-bond acceptors (Lipinski definition) is 4. The molecule has 0 bridgehead atoms. The number of piperidine rings is 1. The number of hydrogen-bond donors (Lipinski definition) is 1. The van der Waals surface area contributed by atoms with Crippen molar-refractivity contribution in [3.05, 3.63) is 29.3 Å². The van der Waals surface area contributed by atoms with Gasteiger partial charge in [0.1, 0.15) is 0 Å². The first kappa shape index (κ1) is 16.9. The van der Waals surface area contributed by atoms with E-state index in [1.807, 2.05) is 30.0 Å². The fourth-order valence-electron chi connectivity index (χ4n) is 3.25. The van der Waals surface area contributed by atoms with Crippen molar-refractivity contribution in [2.24, 2.45) is 11.7 Å². The van der Waals surface area contributed by atoms with Crippen molar-refractivity contribution in [2.45, 2.75) is 45.1 Å². The molecule has 1 aromatic heterocycles. The zero-order valence-corrected chi connectivity index (χ0v) is 14.7. The molecule has 128 valence electrons. The molecule has 2 amide bonds. The number of para-hydroxylation sites is 1. The third-order valence-corrected chi connectivity index (χ3v) is 5.82. The second-order valence-corrected chi connectivity index (χ2v) is 7.62. The van der Waals surface area contributed by atoms with Crippen molar-refractivity contribution in [3.8, 4) is 0 Å². The molecule has 0 aliphatic carbocycles. The van der Waals surface area contributed by atoms with E-state index in [2.05, 4.69) is 11.1 Å². The number of amides is 2. The average molecular weight is 345 g/mol. The van der Waals surface area contributed by atoms with Crippen LogP contribution in [0.15, 0.2) is 24.3 Å². The summed E-state index contributed by atoms with van der Waals surface area (Å²) in [5.74, 6) is -0.377. The maximum Gasteiger partial charge on any atom is 0.222 e. The Balaban J connectivity index is 1.53. The fourth-order valence-corrected chi connectivity index (χ4v) is 4.26. The number of carbonyl (C=O) groups excluding carboxylic acids is 2. The van der Waals surface area contributed by atoms with Crippen molar-refractivity contribution >= 4 is 33.4 Å². The Hall–Kier alpha value is -1.95. The van der Waals surface area contributed by atoms with E-state index in [9.17, 15) is 9.59 Å². The van der Waals surface area contributed by atoms with E-state index < -0.39 is 0 Å². The summed E-state index contributed by atoms with van der Waals surface area (Å²) in [5, 5.41) is 1.07. The number of aryl methyl sites for hydroxylation is 1. The van der Waals surface area contributed by atoms with Gasteiger partial charge in [-0.05, 0) is 44.7 Å². The van der Waals surface area contributed by atoms with Crippen LogP contribution in [0, 0.1) is 5.92 Å². The first-order valence-electron chi connectivity index (χ1n) is 8.48. The van der Waals surface area contributed by atoms with Gasteiger partial charge in [0, 0.05) is 19.0 Å². The Bertz CT molecular complexity index is 710. The van der Waals surface area contributed by atoms with Gasteiger partial charge in [-0.3, -0.25) is 9.59 Å². The quantitative estimate of drug-likeness (QED) is 0.905. The van der Waals surface area contributed by atoms with Crippen LogP contribution in [-0.2, 0) is 16.0 Å². The van der Waals surface area contributed by atoms with Gasteiger partial charge in [0.15, 0.2) is 0 Å². The normalized spacial score (nSPS) is 21.1. The Morgan fingerprint density at radius 2 is 2.12 bits per heavy atom. The molecule has 6 heteroatoms. The Morgan fingerprint density at radius 3 is 2.88 bits per heavy atom. The SMILES string of the molecule is CC1CCC(C(N)=O)CN1C(=O)CCCc1nc2ccccc2s1. The summed E-state index contributed by atoms with van der Waals surface area (Å²) in [6.45, 7) is 2.51. The van der Waals surface area contributed by atoms with Gasteiger partial charge in [-0.1, -0.05) is 12.1 Å². The zero-order valence-electron chi connectivity index (χ0n) is 13.9. The first-order valence-corrected chi connectivity index (χ1v) is 9.29. The van der Waals surface area contributed by atoms with Gasteiger partial charge in [0.2, 0.25) is 11.8 Å². The van der Waals surface area contributed by atoms with Crippen molar-refractivity contribution in [1.82, 2.24) is 9.88 Å². The van der Waals surface area contributed by atoms with Crippen LogP contribution >= 0.6 is 11.3 Å². The zero-order chi connectivity index (χ0) is 17.1. The van der Waals surface area contributed by atoms with E-state index in [1.54, 1.807) is 11.3 Å². The summed E-state index contributed by atoms with van der Waals surface area (Å²) in [6.07, 6.45) is 3.71. The number of aromatic nitrogens is 1. The number of likely N-dealkylation sites (tertiary alicyclic amines) is 1. The van der Waals surface area contributed by atoms with Crippen molar-refractivity contribution in [2.75, 3.05) is 6.54 Å². The molecule has 0 radical (unpaired) electrons. The molecular formula is C18H23N3O2S. The van der Waals surface area contributed by atoms with Gasteiger partial charge in [0.25, 0.3) is 0 Å². The number of nitrogens with zero attached hydrogens (tertiary/aromatic N) is 2. The number of thiazole rings is 1. The maximum atomic E-state index is 12.5. The van der Waals surface area contributed by atoms with Crippen LogP contribution in [0.4, 0.5) is 0 Å². The van der Waals surface area contributed by atoms with Crippen molar-refractivity contribution in [1.29, 1.82) is 0 Å². The number of nitrogens with two attached hydrogens (primary N) is 1. The third kappa shape index (κ3) is 3.75. The summed E-state index contributed by atoms with van der Waals surface area (Å²) < 4.78 is 1.19. The lowest BCUT2D eigenvalue weighted by atomic mass is 9.92. The predicted molar refractivity (Wildman–Crippen MR) is 95.7 cm³/mol. The topological polar surface area (TPSA) is 76.3 Å². The van der Waals surface area contributed by atoms with Crippen LogP contribution in [0.25, 0.3) is 10.2 Å². The molecular weight excluding hydrogens is 322 g/mol. The minimum absolute atomic E-state index is 0.120. The van der Waals surface area contributed by atoms with E-state index in [0.717, 1.165) is 36.2 Å². The number of benzene rings is 1. The van der Waals surface area contributed by atoms with Gasteiger partial charge in [-0.15, -0.1) is 11.3 Å². The van der Waals surface area contributed by atoms with E-state index in [-0.39, 0.29) is 23.8 Å². The highest BCUT2D eigenvalue weighted by atomic mass is 32.1. The largest absolute Gasteiger partial charge is 0.369 e. The molecule has 1 aliphatic heterocycles. The maximum absolute atomic E-state index is 12.5. The van der Waals surface area contributed by atoms with E-state index in [1.165, 1.54) is 4.70 Å². The average Bonchev–Trinajstić information content (AvgIpc) is 2.97. The van der Waals surface area contributed by atoms with Crippen LogP contribution in [0.1, 0.15) is 37.6 Å². The molecule has 1 aliphatic rings. The Labute approximate surface area is 145 Å². The summed E-state index contributed by atoms with van der Waals surface area (Å²) in [7, 11) is 0. The highest BCUT2D eigenvalue weighted by molar-refractivity contribution is 7.18. The summed E-state index contributed by atoms with van der Waals surface area (Å²) >= 11 is 1.69. The molecule has 1 fully saturated rings. The molecule has 2 N–H and O–H groups in total. The second-order valence-electron chi connectivity index (χ2n) is 6.50. The third-order valence-electron chi connectivity index (χ3n) is 4.72. The van der Waals surface area contributed by atoms with Crippen molar-refractivity contribution in [3.63, 3.8) is 0 Å². The molecule has 2 atom stereocenters. The molecule has 3 rings (SSSR count). The number of rotatable bonds is 5. The van der Waals surface area contributed by atoms with E-state index in [0.29, 0.717) is 13.0 Å². The second kappa shape index (κ2) is 7.30. The molecule has 2 aromatic rings. The van der Waals surface area contributed by atoms with Gasteiger partial charge >= 0.3 is 0 Å². The smallest absolute Gasteiger partial charge is 0.222 e. The molecule has 2 unspecified atom stereocenters. The Kier molecular flexibility index (Phi) is 5.14. The minimum atomic E-state index is -0.297. The molecule has 0 spiro atoms. The monoisotopic (exact) mass is 345 g/mol. The Morgan fingerprint density at radius 1 is 1.33 bits per heavy atom. The number of fused-ring (bicyclic) bond motifs is 1. The highest BCUT2D eigenvalue weighted by Gasteiger charge is 2.31. The van der Waals surface area contributed by atoms with E-state index >= 15 is 0 Å². The van der Waals surface area contributed by atoms with Gasteiger partial charge < -0.3 is 10.6 Å². The lowest BCUT2D eigenvalue weighted by Crippen LogP contribution is -2.48. The van der Waals surface area contributed by atoms with Crippen LogP contribution in [0.5, 0.6) is 0 Å². The molecule has 2 heterocycles. The lowest BCUT2D eigenvalue weighted by molar-refractivity contribution is -0.137. The molecule has 24 heavy (non-hydrogen) atoms. The van der Waals surface area contributed by atoms with Gasteiger partial charge in [-0.25, -0.2) is 4.98 Å². The molecule has 5 nitrogen and oxygen atoms in total. The van der Waals surface area contributed by atoms with Gasteiger partial charge in [-0.2, -0.15) is 0 Å². The van der Waals surface area contributed by atoms with Crippen LogP contribution < -0.4 is 5.73 Å². The fraction of sp³-hybridized carbons (Fsp3) is 0.500. The number of primary amides is 1.